The molecule has 4 nitrogen and oxygen atoms in total. The van der Waals surface area contributed by atoms with Crippen LogP contribution in [0.4, 0.5) is 0 Å². The molecule has 1 aliphatic rings. The average Bonchev–Trinajstić information content (AvgIpc) is 2.81. The van der Waals surface area contributed by atoms with Crippen LogP contribution < -0.4 is 5.32 Å². The Morgan fingerprint density at radius 2 is 2.12 bits per heavy atom. The predicted octanol–water partition coefficient (Wildman–Crippen LogP) is 1.02. The third-order valence-corrected chi connectivity index (χ3v) is 3.29. The van der Waals surface area contributed by atoms with Gasteiger partial charge in [0.15, 0.2) is 0 Å². The molecular weight excluding hydrogens is 214 g/mol. The van der Waals surface area contributed by atoms with E-state index in [1.54, 1.807) is 0 Å². The fraction of sp³-hybridized carbons (Fsp3) is 0.615. The topological polar surface area (TPSA) is 48.1 Å². The summed E-state index contributed by atoms with van der Waals surface area (Å²) < 4.78 is 0. The summed E-state index contributed by atoms with van der Waals surface area (Å²) in [5.74, 6) is 0.264. The lowest BCUT2D eigenvalue weighted by Gasteiger charge is -2.34. The van der Waals surface area contributed by atoms with Gasteiger partial charge in [0.2, 0.25) is 5.91 Å². The van der Waals surface area contributed by atoms with Crippen molar-refractivity contribution in [3.8, 4) is 0 Å². The van der Waals surface area contributed by atoms with Gasteiger partial charge in [0.25, 0.3) is 0 Å². The molecule has 0 aliphatic carbocycles. The van der Waals surface area contributed by atoms with E-state index in [2.05, 4.69) is 10.3 Å². The molecule has 94 valence electrons. The molecule has 0 aromatic carbocycles. The van der Waals surface area contributed by atoms with Gasteiger partial charge in [-0.15, -0.1) is 0 Å². The molecule has 4 heteroatoms. The van der Waals surface area contributed by atoms with Gasteiger partial charge in [-0.1, -0.05) is 13.8 Å². The van der Waals surface area contributed by atoms with E-state index in [-0.39, 0.29) is 11.3 Å². The molecule has 0 atom stereocenters. The Morgan fingerprint density at radius 1 is 1.41 bits per heavy atom. The number of H-pyrrole nitrogens is 1. The SMILES string of the molecule is CC(C)(Cc1cc[nH]c1)C(=O)N1CCNCC1. The lowest BCUT2D eigenvalue weighted by Crippen LogP contribution is -2.51. The van der Waals surface area contributed by atoms with E-state index in [1.807, 2.05) is 37.2 Å². The maximum absolute atomic E-state index is 12.4. The van der Waals surface area contributed by atoms with E-state index in [9.17, 15) is 4.79 Å². The van der Waals surface area contributed by atoms with Crippen LogP contribution in [0.15, 0.2) is 18.5 Å². The fourth-order valence-corrected chi connectivity index (χ4v) is 2.35. The van der Waals surface area contributed by atoms with E-state index in [1.165, 1.54) is 5.56 Å². The summed E-state index contributed by atoms with van der Waals surface area (Å²) >= 11 is 0. The number of piperazine rings is 1. The highest BCUT2D eigenvalue weighted by Crippen LogP contribution is 2.24. The van der Waals surface area contributed by atoms with E-state index < -0.39 is 0 Å². The second kappa shape index (κ2) is 4.92. The third-order valence-electron chi connectivity index (χ3n) is 3.29. The Hall–Kier alpha value is -1.29. The number of rotatable bonds is 3. The molecule has 17 heavy (non-hydrogen) atoms. The van der Waals surface area contributed by atoms with Crippen molar-refractivity contribution in [2.24, 2.45) is 5.41 Å². The van der Waals surface area contributed by atoms with Gasteiger partial charge in [0.1, 0.15) is 0 Å². The monoisotopic (exact) mass is 235 g/mol. The summed E-state index contributed by atoms with van der Waals surface area (Å²) in [6, 6.07) is 2.03. The van der Waals surface area contributed by atoms with Crippen molar-refractivity contribution >= 4 is 5.91 Å². The Bertz CT molecular complexity index is 364. The maximum atomic E-state index is 12.4. The van der Waals surface area contributed by atoms with Gasteiger partial charge < -0.3 is 15.2 Å². The molecule has 0 saturated carbocycles. The van der Waals surface area contributed by atoms with Gasteiger partial charge in [-0.25, -0.2) is 0 Å². The van der Waals surface area contributed by atoms with Crippen LogP contribution in [0.3, 0.4) is 0 Å². The Labute approximate surface area is 102 Å². The summed E-state index contributed by atoms with van der Waals surface area (Å²) in [5, 5.41) is 3.27. The molecule has 1 aromatic heterocycles. The van der Waals surface area contributed by atoms with Crippen LogP contribution in [0.1, 0.15) is 19.4 Å². The quantitative estimate of drug-likeness (QED) is 0.821. The van der Waals surface area contributed by atoms with Gasteiger partial charge >= 0.3 is 0 Å². The van der Waals surface area contributed by atoms with Crippen molar-refractivity contribution in [1.82, 2.24) is 15.2 Å². The lowest BCUT2D eigenvalue weighted by atomic mass is 9.85. The first-order valence-electron chi connectivity index (χ1n) is 6.21. The van der Waals surface area contributed by atoms with Crippen molar-refractivity contribution in [2.75, 3.05) is 26.2 Å². The first-order chi connectivity index (χ1) is 8.09. The molecule has 1 fully saturated rings. The summed E-state index contributed by atoms with van der Waals surface area (Å²) in [6.45, 7) is 7.54. The van der Waals surface area contributed by atoms with Gasteiger partial charge in [-0.05, 0) is 18.1 Å². The molecule has 0 spiro atoms. The molecule has 1 aromatic rings. The van der Waals surface area contributed by atoms with Gasteiger partial charge in [0.05, 0.1) is 0 Å². The number of hydrogen-bond acceptors (Lipinski definition) is 2. The average molecular weight is 235 g/mol. The Balaban J connectivity index is 2.00. The van der Waals surface area contributed by atoms with Gasteiger partial charge in [-0.2, -0.15) is 0 Å². The van der Waals surface area contributed by atoms with E-state index >= 15 is 0 Å². The zero-order valence-electron chi connectivity index (χ0n) is 10.6. The zero-order valence-corrected chi connectivity index (χ0v) is 10.6. The number of amides is 1. The highest BCUT2D eigenvalue weighted by atomic mass is 16.2. The summed E-state index contributed by atoms with van der Waals surface area (Å²) in [7, 11) is 0. The van der Waals surface area contributed by atoms with E-state index in [0.29, 0.717) is 0 Å². The number of carbonyl (C=O) groups excluding carboxylic acids is 1. The molecule has 2 heterocycles. The minimum atomic E-state index is -0.320. The molecule has 0 radical (unpaired) electrons. The van der Waals surface area contributed by atoms with Crippen LogP contribution in [0, 0.1) is 5.41 Å². The standard InChI is InChI=1S/C13H21N3O/c1-13(2,9-11-3-4-15-10-11)12(17)16-7-5-14-6-8-16/h3-4,10,14-15H,5-9H2,1-2H3. The number of carbonyl (C=O) groups is 1. The van der Waals surface area contributed by atoms with Gasteiger partial charge in [0, 0.05) is 44.0 Å². The van der Waals surface area contributed by atoms with Crippen molar-refractivity contribution in [3.05, 3.63) is 24.0 Å². The number of nitrogens with one attached hydrogen (secondary N) is 2. The molecule has 1 amide bonds. The summed E-state index contributed by atoms with van der Waals surface area (Å²) in [4.78, 5) is 17.4. The van der Waals surface area contributed by atoms with Crippen LogP contribution >= 0.6 is 0 Å². The van der Waals surface area contributed by atoms with Crippen molar-refractivity contribution in [3.63, 3.8) is 0 Å². The normalized spacial score (nSPS) is 17.2. The smallest absolute Gasteiger partial charge is 0.228 e. The van der Waals surface area contributed by atoms with Crippen molar-refractivity contribution in [2.45, 2.75) is 20.3 Å². The van der Waals surface area contributed by atoms with Crippen molar-refractivity contribution in [1.29, 1.82) is 0 Å². The Morgan fingerprint density at radius 3 is 2.71 bits per heavy atom. The molecule has 1 saturated heterocycles. The number of hydrogen-bond donors (Lipinski definition) is 2. The van der Waals surface area contributed by atoms with E-state index in [4.69, 9.17) is 0 Å². The minimum absolute atomic E-state index is 0.264. The second-order valence-corrected chi connectivity index (χ2v) is 5.32. The Kier molecular flexibility index (Phi) is 3.52. The third kappa shape index (κ3) is 2.88. The van der Waals surface area contributed by atoms with Crippen LogP contribution in [0.2, 0.25) is 0 Å². The lowest BCUT2D eigenvalue weighted by molar-refractivity contribution is -0.140. The maximum Gasteiger partial charge on any atom is 0.228 e. The number of aromatic nitrogens is 1. The summed E-state index contributed by atoms with van der Waals surface area (Å²) in [5.41, 5.74) is 0.873. The molecule has 0 unspecified atom stereocenters. The number of nitrogens with zero attached hydrogens (tertiary/aromatic N) is 1. The van der Waals surface area contributed by atoms with Crippen LogP contribution in [0.5, 0.6) is 0 Å². The first-order valence-corrected chi connectivity index (χ1v) is 6.21. The zero-order chi connectivity index (χ0) is 12.3. The van der Waals surface area contributed by atoms with Crippen molar-refractivity contribution < 1.29 is 4.79 Å². The minimum Gasteiger partial charge on any atom is -0.367 e. The molecule has 2 rings (SSSR count). The molecule has 0 bridgehead atoms. The first kappa shape index (κ1) is 12.2. The fourth-order valence-electron chi connectivity index (χ4n) is 2.35. The predicted molar refractivity (Wildman–Crippen MR) is 67.7 cm³/mol. The van der Waals surface area contributed by atoms with Gasteiger partial charge in [-0.3, -0.25) is 4.79 Å². The molecular formula is C13H21N3O. The van der Waals surface area contributed by atoms with Crippen LogP contribution in [0.25, 0.3) is 0 Å². The largest absolute Gasteiger partial charge is 0.367 e. The number of aromatic amines is 1. The highest BCUT2D eigenvalue weighted by Gasteiger charge is 2.32. The second-order valence-electron chi connectivity index (χ2n) is 5.32. The van der Waals surface area contributed by atoms with E-state index in [0.717, 1.165) is 32.6 Å². The molecule has 1 aliphatic heterocycles. The molecule has 2 N–H and O–H groups in total. The van der Waals surface area contributed by atoms with Crippen LogP contribution in [-0.4, -0.2) is 42.0 Å². The van der Waals surface area contributed by atoms with Crippen LogP contribution in [-0.2, 0) is 11.2 Å². The highest BCUT2D eigenvalue weighted by molar-refractivity contribution is 5.82. The summed E-state index contributed by atoms with van der Waals surface area (Å²) in [6.07, 6.45) is 4.66.